The monoisotopic (exact) mass is 1080 g/mol. The van der Waals surface area contributed by atoms with Crippen LogP contribution in [0.1, 0.15) is 258 Å². The third-order valence-electron chi connectivity index (χ3n) is 13.3. The molecule has 0 aliphatic carbocycles. The average molecular weight is 1080 g/mol. The molecular formula is C66H117N2O7P. The normalized spacial score (nSPS) is 14.4. The van der Waals surface area contributed by atoms with Crippen LogP contribution in [0.3, 0.4) is 0 Å². The zero-order valence-electron chi connectivity index (χ0n) is 49.9. The molecule has 0 saturated carbocycles. The van der Waals surface area contributed by atoms with Gasteiger partial charge in [-0.3, -0.25) is 14.2 Å². The molecule has 3 unspecified atom stereocenters. The second kappa shape index (κ2) is 55.3. The quantitative estimate of drug-likeness (QED) is 0.0212. The maximum atomic E-state index is 13.5. The molecule has 1 N–H and O–H groups in total. The number of hydrogen-bond acceptors (Lipinski definition) is 7. The lowest BCUT2D eigenvalue weighted by Crippen LogP contribution is -2.47. The molecule has 0 aromatic carbocycles. The lowest BCUT2D eigenvalue weighted by atomic mass is 10.0. The number of unbranched alkanes of at least 4 members (excludes halogenated alkanes) is 25. The molecule has 438 valence electrons. The number of allylic oxidation sites excluding steroid dienone is 15. The Bertz CT molecular complexity index is 1620. The maximum absolute atomic E-state index is 13.5. The number of nitrogens with zero attached hydrogens (tertiary/aromatic N) is 1. The van der Waals surface area contributed by atoms with Crippen molar-refractivity contribution in [1.82, 2.24) is 5.32 Å². The molecule has 0 fully saturated rings. The zero-order valence-corrected chi connectivity index (χ0v) is 50.8. The van der Waals surface area contributed by atoms with Crippen LogP contribution in [0, 0.1) is 0 Å². The van der Waals surface area contributed by atoms with Gasteiger partial charge in [0.1, 0.15) is 19.3 Å². The number of phosphoric ester groups is 1. The summed E-state index contributed by atoms with van der Waals surface area (Å²) in [5, 5.41) is 3.01. The molecule has 0 aromatic rings. The number of quaternary nitrogens is 1. The molecule has 0 radical (unpaired) electrons. The summed E-state index contributed by atoms with van der Waals surface area (Å²) in [5.41, 5.74) is 0. The second-order valence-corrected chi connectivity index (χ2v) is 23.2. The Kier molecular flexibility index (Phi) is 53.0. The van der Waals surface area contributed by atoms with Crippen LogP contribution in [-0.4, -0.2) is 69.4 Å². The highest BCUT2D eigenvalue weighted by Crippen LogP contribution is 2.38. The van der Waals surface area contributed by atoms with E-state index in [2.05, 4.69) is 99.0 Å². The molecule has 3 atom stereocenters. The minimum atomic E-state index is -4.72. The zero-order chi connectivity index (χ0) is 55.7. The van der Waals surface area contributed by atoms with Gasteiger partial charge in [-0.25, -0.2) is 0 Å². The van der Waals surface area contributed by atoms with Crippen molar-refractivity contribution in [2.24, 2.45) is 0 Å². The number of carbonyl (C=O) groups excluding carboxylic acids is 2. The van der Waals surface area contributed by atoms with E-state index >= 15 is 0 Å². The van der Waals surface area contributed by atoms with Crippen LogP contribution < -0.4 is 10.2 Å². The van der Waals surface area contributed by atoms with Crippen molar-refractivity contribution in [2.45, 2.75) is 270 Å². The van der Waals surface area contributed by atoms with E-state index in [1.165, 1.54) is 135 Å². The third-order valence-corrected chi connectivity index (χ3v) is 14.2. The number of carbonyl (C=O) groups is 2. The van der Waals surface area contributed by atoms with Crippen molar-refractivity contribution >= 4 is 19.7 Å². The molecule has 0 bridgehead atoms. The maximum Gasteiger partial charge on any atom is 0.306 e. The number of amides is 1. The number of rotatable bonds is 55. The fourth-order valence-corrected chi connectivity index (χ4v) is 9.21. The van der Waals surface area contributed by atoms with Gasteiger partial charge in [-0.15, -0.1) is 0 Å². The summed E-state index contributed by atoms with van der Waals surface area (Å²) in [5.74, 6) is -0.643. The Labute approximate surface area is 468 Å². The van der Waals surface area contributed by atoms with Crippen LogP contribution in [-0.2, 0) is 27.9 Å². The fraction of sp³-hybridized carbons (Fsp3) is 0.727. The van der Waals surface area contributed by atoms with E-state index < -0.39 is 32.5 Å². The highest BCUT2D eigenvalue weighted by atomic mass is 31.2. The molecule has 1 amide bonds. The summed E-state index contributed by atoms with van der Waals surface area (Å²) in [7, 11) is 1.14. The second-order valence-electron chi connectivity index (χ2n) is 21.8. The molecule has 9 nitrogen and oxygen atoms in total. The minimum Gasteiger partial charge on any atom is -0.756 e. The minimum absolute atomic E-state index is 0.0376. The van der Waals surface area contributed by atoms with Gasteiger partial charge in [0, 0.05) is 12.8 Å². The molecule has 0 heterocycles. The Morgan fingerprint density at radius 1 is 0.474 bits per heavy atom. The van der Waals surface area contributed by atoms with Gasteiger partial charge in [0.05, 0.1) is 33.8 Å². The van der Waals surface area contributed by atoms with Crippen molar-refractivity contribution in [3.63, 3.8) is 0 Å². The Morgan fingerprint density at radius 3 is 1.29 bits per heavy atom. The first-order chi connectivity index (χ1) is 36.9. The molecule has 0 saturated heterocycles. The van der Waals surface area contributed by atoms with Crippen molar-refractivity contribution in [3.8, 4) is 0 Å². The molecule has 0 aliphatic heterocycles. The number of nitrogens with one attached hydrogen (secondary N) is 1. The Morgan fingerprint density at radius 2 is 0.855 bits per heavy atom. The van der Waals surface area contributed by atoms with Crippen molar-refractivity contribution in [2.75, 3.05) is 40.9 Å². The van der Waals surface area contributed by atoms with Crippen LogP contribution in [0.15, 0.2) is 97.2 Å². The first kappa shape index (κ1) is 72.9. The number of likely N-dealkylation sites (N-methyl/N-ethyl adjacent to an activating group) is 1. The van der Waals surface area contributed by atoms with Gasteiger partial charge >= 0.3 is 5.97 Å². The van der Waals surface area contributed by atoms with Crippen LogP contribution >= 0.6 is 7.82 Å². The molecular weight excluding hydrogens is 964 g/mol. The molecule has 0 aromatic heterocycles. The standard InChI is InChI=1S/C66H117N2O7P/c1-7-10-13-16-19-22-25-28-30-32-34-36-38-40-43-46-49-52-55-58-65(69)67-63(62-74-76(71,72)73-61-60-68(4,5)6)64(57-54-51-48-45-42-27-24-21-18-15-12-9-3)75-66(70)59-56-53-50-47-44-41-39-37-35-33-31-29-26-23-20-17-14-11-8-2/h11,14,20,23,28-31,35,37,41,44,50,53-54,57,63-64H,7-10,12-13,15-19,21-22,24-27,32-34,36,38-40,42-43,45-49,51-52,55-56,58-62H2,1-6H3,(H-,67,69,71,72)/b14-11-,23-20-,30-28+,31-29-,37-35-,44-41-,53-50-,57-54+. The molecule has 10 heteroatoms. The Hall–Kier alpha value is -3.07. The van der Waals surface area contributed by atoms with Crippen LogP contribution in [0.25, 0.3) is 0 Å². The van der Waals surface area contributed by atoms with E-state index in [4.69, 9.17) is 13.8 Å². The fourth-order valence-electron chi connectivity index (χ4n) is 8.48. The predicted molar refractivity (Wildman–Crippen MR) is 325 cm³/mol. The summed E-state index contributed by atoms with van der Waals surface area (Å²) in [6.07, 6.45) is 73.9. The number of hydrogen-bond donors (Lipinski definition) is 1. The summed E-state index contributed by atoms with van der Waals surface area (Å²) >= 11 is 0. The van der Waals surface area contributed by atoms with Crippen LogP contribution in [0.5, 0.6) is 0 Å². The van der Waals surface area contributed by atoms with E-state index in [9.17, 15) is 19.0 Å². The molecule has 0 rings (SSSR count). The number of ether oxygens (including phenoxy) is 1. The van der Waals surface area contributed by atoms with E-state index in [0.717, 1.165) is 83.5 Å². The van der Waals surface area contributed by atoms with Crippen molar-refractivity contribution in [1.29, 1.82) is 0 Å². The SMILES string of the molecule is CC/C=C\C/C=C\C/C=C\C/C=C\C/C=C\C/C=C\CCC(=O)OC(/C=C/CCCCCCCCCCCC)C(COP(=O)([O-])OCC[N+](C)(C)C)NC(=O)CCCCCCCCCCC/C=C/CCCCCCCC. The largest absolute Gasteiger partial charge is 0.756 e. The lowest BCUT2D eigenvalue weighted by molar-refractivity contribution is -0.870. The van der Waals surface area contributed by atoms with Gasteiger partial charge in [0.25, 0.3) is 7.82 Å². The third kappa shape index (κ3) is 55.7. The van der Waals surface area contributed by atoms with E-state index in [0.29, 0.717) is 23.9 Å². The summed E-state index contributed by atoms with van der Waals surface area (Å²) in [6, 6.07) is -0.925. The van der Waals surface area contributed by atoms with Gasteiger partial charge < -0.3 is 28.5 Å². The highest BCUT2D eigenvalue weighted by molar-refractivity contribution is 7.45. The average Bonchev–Trinajstić information content (AvgIpc) is 3.38. The first-order valence-corrected chi connectivity index (χ1v) is 32.5. The molecule has 0 aliphatic rings. The summed E-state index contributed by atoms with van der Waals surface area (Å²) < 4.78 is 30.2. The predicted octanol–water partition coefficient (Wildman–Crippen LogP) is 18.5. The Balaban J connectivity index is 5.38. The summed E-state index contributed by atoms with van der Waals surface area (Å²) in [4.78, 5) is 39.9. The van der Waals surface area contributed by atoms with E-state index in [1.54, 1.807) is 6.08 Å². The van der Waals surface area contributed by atoms with Gasteiger partial charge in [-0.05, 0) is 96.0 Å². The number of esters is 1. The van der Waals surface area contributed by atoms with Gasteiger partial charge in [-0.1, -0.05) is 247 Å². The van der Waals surface area contributed by atoms with Gasteiger partial charge in [0.15, 0.2) is 0 Å². The topological polar surface area (TPSA) is 114 Å². The number of phosphoric acid groups is 1. The summed E-state index contributed by atoms with van der Waals surface area (Å²) in [6.45, 7) is 6.67. The van der Waals surface area contributed by atoms with Crippen molar-refractivity contribution < 1.29 is 37.3 Å². The smallest absolute Gasteiger partial charge is 0.306 e. The van der Waals surface area contributed by atoms with E-state index in [1.807, 2.05) is 39.4 Å². The molecule has 76 heavy (non-hydrogen) atoms. The van der Waals surface area contributed by atoms with Crippen LogP contribution in [0.4, 0.5) is 0 Å². The molecule has 0 spiro atoms. The van der Waals surface area contributed by atoms with Crippen molar-refractivity contribution in [3.05, 3.63) is 97.2 Å². The highest BCUT2D eigenvalue weighted by Gasteiger charge is 2.27. The van der Waals surface area contributed by atoms with Gasteiger partial charge in [0.2, 0.25) is 5.91 Å². The van der Waals surface area contributed by atoms with Crippen LogP contribution in [0.2, 0.25) is 0 Å². The van der Waals surface area contributed by atoms with Gasteiger partial charge in [-0.2, -0.15) is 0 Å². The van der Waals surface area contributed by atoms with E-state index in [-0.39, 0.29) is 18.9 Å². The lowest BCUT2D eigenvalue weighted by Gasteiger charge is -2.30. The first-order valence-electron chi connectivity index (χ1n) is 31.0.